The van der Waals surface area contributed by atoms with Crippen LogP contribution < -0.4 is 11.1 Å². The van der Waals surface area contributed by atoms with Gasteiger partial charge in [0.05, 0.1) is 17.8 Å². The van der Waals surface area contributed by atoms with Crippen LogP contribution in [0.3, 0.4) is 0 Å². The lowest BCUT2D eigenvalue weighted by atomic mass is 9.81. The van der Waals surface area contributed by atoms with Gasteiger partial charge in [-0.3, -0.25) is 4.79 Å². The fourth-order valence-corrected chi connectivity index (χ4v) is 3.59. The van der Waals surface area contributed by atoms with Crippen LogP contribution in [0.4, 0.5) is 0 Å². The van der Waals surface area contributed by atoms with Gasteiger partial charge in [-0.15, -0.1) is 12.4 Å². The molecule has 0 saturated carbocycles. The van der Waals surface area contributed by atoms with E-state index >= 15 is 0 Å². The van der Waals surface area contributed by atoms with Gasteiger partial charge in [0.15, 0.2) is 0 Å². The van der Waals surface area contributed by atoms with Crippen molar-refractivity contribution < 1.29 is 13.2 Å². The molecular weight excluding hydrogens is 336 g/mol. The van der Waals surface area contributed by atoms with E-state index < -0.39 is 15.9 Å². The van der Waals surface area contributed by atoms with E-state index in [1.165, 1.54) is 5.56 Å². The summed E-state index contributed by atoms with van der Waals surface area (Å²) in [6.07, 6.45) is 3.19. The van der Waals surface area contributed by atoms with Gasteiger partial charge in [0.1, 0.15) is 9.84 Å². The molecule has 23 heavy (non-hydrogen) atoms. The summed E-state index contributed by atoms with van der Waals surface area (Å²) >= 11 is 0. The fraction of sp³-hybridized carbons (Fsp3) is 0.562. The predicted octanol–water partition coefficient (Wildman–Crippen LogP) is 1.93. The maximum absolute atomic E-state index is 12.2. The molecule has 1 aliphatic carbocycles. The maximum Gasteiger partial charge on any atom is 0.237 e. The Balaban J connectivity index is 0.00000264. The van der Waals surface area contributed by atoms with Crippen LogP contribution in [-0.2, 0) is 14.6 Å². The van der Waals surface area contributed by atoms with Crippen molar-refractivity contribution in [3.05, 3.63) is 35.4 Å². The van der Waals surface area contributed by atoms with E-state index in [2.05, 4.69) is 18.3 Å². The Labute approximate surface area is 144 Å². The highest BCUT2D eigenvalue weighted by molar-refractivity contribution is 7.90. The summed E-state index contributed by atoms with van der Waals surface area (Å²) in [4.78, 5) is 12.2. The highest BCUT2D eigenvalue weighted by atomic mass is 35.5. The lowest BCUT2D eigenvalue weighted by Gasteiger charge is -2.31. The number of nitrogens with two attached hydrogens (primary N) is 1. The van der Waals surface area contributed by atoms with Gasteiger partial charge in [-0.2, -0.15) is 0 Å². The molecule has 0 aromatic heterocycles. The van der Waals surface area contributed by atoms with Gasteiger partial charge in [0, 0.05) is 6.26 Å². The van der Waals surface area contributed by atoms with E-state index in [-0.39, 0.29) is 36.5 Å². The van der Waals surface area contributed by atoms with Crippen LogP contribution >= 0.6 is 12.4 Å². The van der Waals surface area contributed by atoms with Gasteiger partial charge in [0.25, 0.3) is 0 Å². The molecule has 0 spiro atoms. The topological polar surface area (TPSA) is 89.3 Å². The number of hydrogen-bond donors (Lipinski definition) is 2. The molecule has 1 amide bonds. The summed E-state index contributed by atoms with van der Waals surface area (Å²) in [6.45, 7) is 2.19. The second kappa shape index (κ2) is 8.13. The first-order chi connectivity index (χ1) is 10.3. The number of halogens is 1. The van der Waals surface area contributed by atoms with Crippen molar-refractivity contribution in [2.75, 3.05) is 12.0 Å². The van der Waals surface area contributed by atoms with Crippen molar-refractivity contribution in [3.63, 3.8) is 0 Å². The fourth-order valence-electron chi connectivity index (χ4n) is 2.91. The zero-order valence-electron chi connectivity index (χ0n) is 13.5. The molecule has 2 rings (SSSR count). The van der Waals surface area contributed by atoms with Crippen molar-refractivity contribution >= 4 is 28.2 Å². The molecule has 0 saturated heterocycles. The Kier molecular flexibility index (Phi) is 7.04. The minimum atomic E-state index is -3.10. The lowest BCUT2D eigenvalue weighted by molar-refractivity contribution is -0.123. The Hall–Kier alpha value is -1.11. The summed E-state index contributed by atoms with van der Waals surface area (Å²) in [5, 5.41) is 2.97. The molecule has 3 atom stereocenters. The predicted molar refractivity (Wildman–Crippen MR) is 94.5 cm³/mol. The normalized spacial score (nSPS) is 21.7. The first-order valence-electron chi connectivity index (χ1n) is 7.60. The monoisotopic (exact) mass is 360 g/mol. The Morgan fingerprint density at radius 3 is 2.52 bits per heavy atom. The van der Waals surface area contributed by atoms with Gasteiger partial charge < -0.3 is 11.1 Å². The summed E-state index contributed by atoms with van der Waals surface area (Å²) in [6, 6.07) is 7.29. The zero-order chi connectivity index (χ0) is 16.3. The molecule has 0 fully saturated rings. The molecule has 0 radical (unpaired) electrons. The third kappa shape index (κ3) is 5.48. The Bertz CT molecular complexity index is 648. The number of amides is 1. The minimum Gasteiger partial charge on any atom is -0.348 e. The van der Waals surface area contributed by atoms with Crippen molar-refractivity contribution in [3.8, 4) is 0 Å². The van der Waals surface area contributed by atoms with Crippen LogP contribution in [0.15, 0.2) is 24.3 Å². The minimum absolute atomic E-state index is 0. The molecule has 3 unspecified atom stereocenters. The molecule has 7 heteroatoms. The Morgan fingerprint density at radius 1 is 1.30 bits per heavy atom. The molecule has 1 aliphatic rings. The van der Waals surface area contributed by atoms with E-state index in [9.17, 15) is 13.2 Å². The molecule has 0 heterocycles. The van der Waals surface area contributed by atoms with E-state index in [1.807, 2.05) is 18.2 Å². The first kappa shape index (κ1) is 19.9. The third-order valence-corrected chi connectivity index (χ3v) is 5.22. The third-order valence-electron chi connectivity index (χ3n) is 4.24. The van der Waals surface area contributed by atoms with E-state index in [0.29, 0.717) is 5.92 Å². The summed E-state index contributed by atoms with van der Waals surface area (Å²) in [7, 11) is -3.10. The zero-order valence-corrected chi connectivity index (χ0v) is 15.1. The van der Waals surface area contributed by atoms with Gasteiger partial charge in [-0.05, 0) is 36.3 Å². The molecule has 0 bridgehead atoms. The quantitative estimate of drug-likeness (QED) is 0.839. The van der Waals surface area contributed by atoms with Crippen LogP contribution in [0.25, 0.3) is 0 Å². The number of benzene rings is 1. The molecular formula is C16H25ClN2O3S. The van der Waals surface area contributed by atoms with Crippen molar-refractivity contribution in [1.29, 1.82) is 0 Å². The number of carbonyl (C=O) groups is 1. The SMILES string of the molecule is CC1CCC(NC(=O)C(N)CCS(C)(=O)=O)c2ccccc21.Cl. The molecule has 130 valence electrons. The van der Waals surface area contributed by atoms with Gasteiger partial charge in [0.2, 0.25) is 5.91 Å². The van der Waals surface area contributed by atoms with Gasteiger partial charge >= 0.3 is 0 Å². The lowest BCUT2D eigenvalue weighted by Crippen LogP contribution is -2.43. The number of nitrogens with one attached hydrogen (secondary N) is 1. The highest BCUT2D eigenvalue weighted by Crippen LogP contribution is 2.36. The van der Waals surface area contributed by atoms with E-state index in [4.69, 9.17) is 5.73 Å². The van der Waals surface area contributed by atoms with Crippen molar-refractivity contribution in [1.82, 2.24) is 5.32 Å². The van der Waals surface area contributed by atoms with Crippen molar-refractivity contribution in [2.24, 2.45) is 5.73 Å². The van der Waals surface area contributed by atoms with E-state index in [1.54, 1.807) is 0 Å². The Morgan fingerprint density at radius 2 is 1.91 bits per heavy atom. The average molecular weight is 361 g/mol. The number of fused-ring (bicyclic) bond motifs is 1. The summed E-state index contributed by atoms with van der Waals surface area (Å²) in [5.41, 5.74) is 8.22. The number of carbonyl (C=O) groups excluding carboxylic acids is 1. The smallest absolute Gasteiger partial charge is 0.237 e. The summed E-state index contributed by atoms with van der Waals surface area (Å²) in [5.74, 6) is 0.140. The first-order valence-corrected chi connectivity index (χ1v) is 9.66. The van der Waals surface area contributed by atoms with Crippen LogP contribution in [0.2, 0.25) is 0 Å². The van der Waals surface area contributed by atoms with Crippen LogP contribution in [0, 0.1) is 0 Å². The average Bonchev–Trinajstić information content (AvgIpc) is 2.47. The molecule has 3 N–H and O–H groups in total. The number of hydrogen-bond acceptors (Lipinski definition) is 4. The van der Waals surface area contributed by atoms with Crippen LogP contribution in [0.5, 0.6) is 0 Å². The molecule has 0 aliphatic heterocycles. The highest BCUT2D eigenvalue weighted by Gasteiger charge is 2.27. The standard InChI is InChI=1S/C16H24N2O3S.ClH/c1-11-7-8-15(13-6-4-3-5-12(11)13)18-16(19)14(17)9-10-22(2,20)21;/h3-6,11,14-15H,7-10,17H2,1-2H3,(H,18,19);1H. The largest absolute Gasteiger partial charge is 0.348 e. The van der Waals surface area contributed by atoms with Crippen LogP contribution in [0.1, 0.15) is 49.3 Å². The second-order valence-corrected chi connectivity index (χ2v) is 8.45. The number of sulfone groups is 1. The number of rotatable bonds is 5. The molecule has 1 aromatic carbocycles. The van der Waals surface area contributed by atoms with E-state index in [0.717, 1.165) is 24.7 Å². The maximum atomic E-state index is 12.2. The van der Waals surface area contributed by atoms with Gasteiger partial charge in [-0.25, -0.2) is 8.42 Å². The molecule has 5 nitrogen and oxygen atoms in total. The van der Waals surface area contributed by atoms with Gasteiger partial charge in [-0.1, -0.05) is 31.2 Å². The second-order valence-electron chi connectivity index (χ2n) is 6.19. The van der Waals surface area contributed by atoms with Crippen LogP contribution in [-0.4, -0.2) is 32.4 Å². The molecule has 1 aromatic rings. The van der Waals surface area contributed by atoms with Crippen molar-refractivity contribution in [2.45, 2.75) is 44.2 Å². The summed E-state index contributed by atoms with van der Waals surface area (Å²) < 4.78 is 22.3.